The second-order valence-electron chi connectivity index (χ2n) is 5.68. The summed E-state index contributed by atoms with van der Waals surface area (Å²) in [6, 6.07) is 4.98. The number of para-hydroxylation sites is 1. The van der Waals surface area contributed by atoms with E-state index in [4.69, 9.17) is 15.0 Å². The molecule has 1 aromatic carbocycles. The van der Waals surface area contributed by atoms with Crippen molar-refractivity contribution in [2.75, 3.05) is 12.8 Å². The monoisotopic (exact) mass is 277 g/mol. The number of methoxy groups -OCH3 is 1. The van der Waals surface area contributed by atoms with Gasteiger partial charge in [0.15, 0.2) is 5.75 Å². The van der Waals surface area contributed by atoms with Crippen molar-refractivity contribution in [3.63, 3.8) is 0 Å². The van der Waals surface area contributed by atoms with Gasteiger partial charge < -0.3 is 20.1 Å². The van der Waals surface area contributed by atoms with Crippen LogP contribution in [0.25, 0.3) is 11.5 Å². The molecule has 0 fully saturated rings. The molecule has 0 aliphatic rings. The predicted molar refractivity (Wildman–Crippen MR) is 75.0 cm³/mol. The Morgan fingerprint density at radius 3 is 2.65 bits per heavy atom. The average molecular weight is 277 g/mol. The summed E-state index contributed by atoms with van der Waals surface area (Å²) < 4.78 is 10.6. The summed E-state index contributed by atoms with van der Waals surface area (Å²) in [5.41, 5.74) is 6.16. The molecule has 108 valence electrons. The van der Waals surface area contributed by atoms with Crippen LogP contribution in [0.2, 0.25) is 0 Å². The molecule has 6 heteroatoms. The van der Waals surface area contributed by atoms with Gasteiger partial charge in [0.1, 0.15) is 6.10 Å². The van der Waals surface area contributed by atoms with Crippen LogP contribution in [-0.4, -0.2) is 22.4 Å². The van der Waals surface area contributed by atoms with Crippen LogP contribution in [0.3, 0.4) is 0 Å². The lowest BCUT2D eigenvalue weighted by Gasteiger charge is -2.26. The molecule has 1 heterocycles. The Balaban J connectivity index is 2.41. The summed E-state index contributed by atoms with van der Waals surface area (Å²) >= 11 is 0. The summed E-state index contributed by atoms with van der Waals surface area (Å²) in [4.78, 5) is 4.30. The molecule has 0 amide bonds. The van der Waals surface area contributed by atoms with Crippen LogP contribution in [0, 0.1) is 5.41 Å². The van der Waals surface area contributed by atoms with Gasteiger partial charge in [0.25, 0.3) is 5.89 Å². The van der Waals surface area contributed by atoms with Gasteiger partial charge in [-0.2, -0.15) is 4.98 Å². The van der Waals surface area contributed by atoms with E-state index in [1.165, 1.54) is 0 Å². The van der Waals surface area contributed by atoms with Crippen molar-refractivity contribution in [1.82, 2.24) is 10.1 Å². The van der Waals surface area contributed by atoms with Crippen LogP contribution >= 0.6 is 0 Å². The molecule has 0 saturated carbocycles. The largest absolute Gasteiger partial charge is 0.505 e. The number of rotatable bonds is 3. The lowest BCUT2D eigenvalue weighted by molar-refractivity contribution is 0.00718. The Bertz CT molecular complexity index is 602. The first-order valence-electron chi connectivity index (χ1n) is 6.29. The molecule has 6 nitrogen and oxygen atoms in total. The average Bonchev–Trinajstić information content (AvgIpc) is 2.81. The number of nitrogens with two attached hydrogens (primary N) is 1. The minimum atomic E-state index is -0.303. The number of ether oxygens (including phenoxy) is 1. The Kier molecular flexibility index (Phi) is 3.67. The van der Waals surface area contributed by atoms with Crippen LogP contribution < -0.4 is 5.73 Å². The molecule has 0 saturated heterocycles. The second-order valence-corrected chi connectivity index (χ2v) is 5.68. The van der Waals surface area contributed by atoms with Crippen molar-refractivity contribution >= 4 is 5.69 Å². The number of aromatic nitrogens is 2. The number of hydrogen-bond acceptors (Lipinski definition) is 6. The fourth-order valence-electron chi connectivity index (χ4n) is 2.03. The van der Waals surface area contributed by atoms with Gasteiger partial charge in [0.2, 0.25) is 5.82 Å². The van der Waals surface area contributed by atoms with Gasteiger partial charge in [-0.15, -0.1) is 0 Å². The van der Waals surface area contributed by atoms with E-state index in [1.54, 1.807) is 25.3 Å². The first-order valence-corrected chi connectivity index (χ1v) is 6.29. The van der Waals surface area contributed by atoms with Crippen LogP contribution in [-0.2, 0) is 4.74 Å². The number of anilines is 1. The molecule has 1 atom stereocenters. The molecule has 2 aromatic rings. The summed E-state index contributed by atoms with van der Waals surface area (Å²) in [7, 11) is 1.60. The topological polar surface area (TPSA) is 94.4 Å². The highest BCUT2D eigenvalue weighted by atomic mass is 16.5. The number of phenols is 1. The number of phenolic OH excluding ortho intramolecular Hbond substituents is 1. The molecular weight excluding hydrogens is 258 g/mol. The number of nitrogen functional groups attached to an aromatic ring is 1. The lowest BCUT2D eigenvalue weighted by Crippen LogP contribution is -2.21. The molecule has 0 bridgehead atoms. The van der Waals surface area contributed by atoms with E-state index in [0.29, 0.717) is 11.4 Å². The summed E-state index contributed by atoms with van der Waals surface area (Å²) in [6.45, 7) is 6.07. The fraction of sp³-hybridized carbons (Fsp3) is 0.429. The van der Waals surface area contributed by atoms with Crippen molar-refractivity contribution in [2.45, 2.75) is 26.9 Å². The van der Waals surface area contributed by atoms with Crippen molar-refractivity contribution in [3.8, 4) is 17.2 Å². The summed E-state index contributed by atoms with van der Waals surface area (Å²) in [5, 5.41) is 13.9. The van der Waals surface area contributed by atoms with Crippen LogP contribution in [0.1, 0.15) is 32.7 Å². The van der Waals surface area contributed by atoms with Gasteiger partial charge in [0.05, 0.1) is 11.3 Å². The van der Waals surface area contributed by atoms with Crippen molar-refractivity contribution in [2.24, 2.45) is 5.41 Å². The van der Waals surface area contributed by atoms with Crippen LogP contribution in [0.15, 0.2) is 22.7 Å². The van der Waals surface area contributed by atoms with Crippen LogP contribution in [0.5, 0.6) is 5.75 Å². The normalized spacial score (nSPS) is 13.4. The molecule has 1 aromatic heterocycles. The zero-order chi connectivity index (χ0) is 14.9. The molecule has 0 aliphatic carbocycles. The molecule has 3 N–H and O–H groups in total. The third kappa shape index (κ3) is 2.60. The molecule has 0 spiro atoms. The number of nitrogens with zero attached hydrogens (tertiary/aromatic N) is 2. The minimum Gasteiger partial charge on any atom is -0.505 e. The van der Waals surface area contributed by atoms with Crippen LogP contribution in [0.4, 0.5) is 5.69 Å². The van der Waals surface area contributed by atoms with E-state index < -0.39 is 0 Å². The first-order chi connectivity index (χ1) is 9.34. The first kappa shape index (κ1) is 14.3. The maximum atomic E-state index is 9.93. The Labute approximate surface area is 117 Å². The second kappa shape index (κ2) is 5.13. The highest BCUT2D eigenvalue weighted by molar-refractivity contribution is 5.71. The Hall–Kier alpha value is -2.08. The highest BCUT2D eigenvalue weighted by Gasteiger charge is 2.31. The van der Waals surface area contributed by atoms with Crippen molar-refractivity contribution in [1.29, 1.82) is 0 Å². The molecule has 20 heavy (non-hydrogen) atoms. The number of hydrogen-bond donors (Lipinski definition) is 2. The highest BCUT2D eigenvalue weighted by Crippen LogP contribution is 2.37. The van der Waals surface area contributed by atoms with E-state index in [9.17, 15) is 5.11 Å². The van der Waals surface area contributed by atoms with Gasteiger partial charge in [0, 0.05) is 7.11 Å². The van der Waals surface area contributed by atoms with Crippen molar-refractivity contribution < 1.29 is 14.4 Å². The van der Waals surface area contributed by atoms with E-state index in [2.05, 4.69) is 10.1 Å². The SMILES string of the molecule is COC(c1noc(-c2cccc(N)c2O)n1)C(C)(C)C. The zero-order valence-corrected chi connectivity index (χ0v) is 12.0. The fourth-order valence-corrected chi connectivity index (χ4v) is 2.03. The Morgan fingerprint density at radius 2 is 2.05 bits per heavy atom. The maximum absolute atomic E-state index is 9.93. The predicted octanol–water partition coefficient (Wildman–Crippen LogP) is 2.76. The minimum absolute atomic E-state index is 0.0626. The molecule has 0 radical (unpaired) electrons. The van der Waals surface area contributed by atoms with E-state index in [0.717, 1.165) is 0 Å². The molecule has 2 rings (SSSR count). The van der Waals surface area contributed by atoms with Crippen molar-refractivity contribution in [3.05, 3.63) is 24.0 Å². The van der Waals surface area contributed by atoms with Gasteiger partial charge in [-0.1, -0.05) is 32.0 Å². The van der Waals surface area contributed by atoms with Gasteiger partial charge in [-0.3, -0.25) is 0 Å². The molecular formula is C14H19N3O3. The Morgan fingerprint density at radius 1 is 1.35 bits per heavy atom. The van der Waals surface area contributed by atoms with Gasteiger partial charge >= 0.3 is 0 Å². The van der Waals surface area contributed by atoms with E-state index in [-0.39, 0.29) is 28.8 Å². The van der Waals surface area contributed by atoms with Gasteiger partial charge in [-0.25, -0.2) is 0 Å². The zero-order valence-electron chi connectivity index (χ0n) is 12.0. The van der Waals surface area contributed by atoms with E-state index in [1.807, 2.05) is 20.8 Å². The summed E-state index contributed by atoms with van der Waals surface area (Å²) in [6.07, 6.45) is -0.303. The quantitative estimate of drug-likeness (QED) is 0.661. The smallest absolute Gasteiger partial charge is 0.261 e. The number of benzene rings is 1. The summed E-state index contributed by atoms with van der Waals surface area (Å²) in [5.74, 6) is 0.598. The van der Waals surface area contributed by atoms with E-state index >= 15 is 0 Å². The third-order valence-corrected chi connectivity index (χ3v) is 3.00. The molecule has 1 unspecified atom stereocenters. The van der Waals surface area contributed by atoms with Gasteiger partial charge in [-0.05, 0) is 17.5 Å². The maximum Gasteiger partial charge on any atom is 0.261 e. The number of aromatic hydroxyl groups is 1. The standard InChI is InChI=1S/C14H19N3O3/c1-14(2,3)11(19-4)12-16-13(20-17-12)8-6-5-7-9(15)10(8)18/h5-7,11,18H,15H2,1-4H3. The third-order valence-electron chi connectivity index (χ3n) is 3.00. The molecule has 0 aliphatic heterocycles. The lowest BCUT2D eigenvalue weighted by atomic mass is 9.88.